The van der Waals surface area contributed by atoms with Gasteiger partial charge in [0, 0.05) is 6.04 Å². The van der Waals surface area contributed by atoms with Gasteiger partial charge >= 0.3 is 5.97 Å². The van der Waals surface area contributed by atoms with Crippen LogP contribution in [0.2, 0.25) is 0 Å². The highest BCUT2D eigenvalue weighted by Crippen LogP contribution is 2.61. The number of carbonyl (C=O) groups is 2. The smallest absolute Gasteiger partial charge is 0.344 e. The third-order valence-corrected chi connectivity index (χ3v) is 7.24. The van der Waals surface area contributed by atoms with Crippen molar-refractivity contribution in [2.75, 3.05) is 19.8 Å². The molecular weight excluding hydrogens is 382 g/mol. The molecule has 0 saturated heterocycles. The maximum Gasteiger partial charge on any atom is 0.344 e. The number of esters is 1. The predicted octanol–water partition coefficient (Wildman–Crippen LogP) is 3.73. The third kappa shape index (κ3) is 4.57. The lowest BCUT2D eigenvalue weighted by Gasteiger charge is -2.59. The molecule has 6 nitrogen and oxygen atoms in total. The Labute approximate surface area is 178 Å². The summed E-state index contributed by atoms with van der Waals surface area (Å²) in [5.74, 6) is 2.77. The van der Waals surface area contributed by atoms with Crippen LogP contribution in [0.4, 0.5) is 0 Å². The molecule has 0 spiro atoms. The molecule has 4 fully saturated rings. The zero-order valence-electron chi connectivity index (χ0n) is 18.0. The van der Waals surface area contributed by atoms with E-state index in [2.05, 4.69) is 12.2 Å². The molecule has 0 radical (unpaired) electrons. The minimum absolute atomic E-state index is 0.117. The highest BCUT2D eigenvalue weighted by Gasteiger charge is 2.53. The fourth-order valence-electron chi connectivity index (χ4n) is 6.31. The summed E-state index contributed by atoms with van der Waals surface area (Å²) in [6.07, 6.45) is 7.83. The van der Waals surface area contributed by atoms with Crippen LogP contribution < -0.4 is 14.8 Å². The Morgan fingerprint density at radius 2 is 1.57 bits per heavy atom. The fourth-order valence-corrected chi connectivity index (χ4v) is 6.31. The fraction of sp³-hybridized carbons (Fsp3) is 0.667. The van der Waals surface area contributed by atoms with Crippen molar-refractivity contribution < 1.29 is 23.8 Å². The van der Waals surface area contributed by atoms with Crippen molar-refractivity contribution in [2.24, 2.45) is 23.2 Å². The van der Waals surface area contributed by atoms with Gasteiger partial charge in [0.25, 0.3) is 5.91 Å². The Kier molecular flexibility index (Phi) is 6.21. The Bertz CT molecular complexity index is 741. The molecule has 164 valence electrons. The first-order valence-corrected chi connectivity index (χ1v) is 11.3. The van der Waals surface area contributed by atoms with Crippen LogP contribution in [0.15, 0.2) is 24.3 Å². The topological polar surface area (TPSA) is 73.9 Å². The van der Waals surface area contributed by atoms with Crippen molar-refractivity contribution in [1.82, 2.24) is 5.32 Å². The summed E-state index contributed by atoms with van der Waals surface area (Å²) in [6, 6.07) is 7.28. The lowest BCUT2D eigenvalue weighted by atomic mass is 9.48. The molecule has 0 heterocycles. The Hall–Kier alpha value is -2.24. The zero-order valence-corrected chi connectivity index (χ0v) is 18.0. The monoisotopic (exact) mass is 415 g/mol. The Morgan fingerprint density at radius 1 is 1.00 bits per heavy atom. The zero-order chi connectivity index (χ0) is 21.1. The number of benzene rings is 1. The number of hydrogen-bond acceptors (Lipinski definition) is 5. The van der Waals surface area contributed by atoms with Crippen molar-refractivity contribution in [3.05, 3.63) is 24.3 Å². The van der Waals surface area contributed by atoms with E-state index in [1.54, 1.807) is 12.1 Å². The molecule has 1 aromatic rings. The highest BCUT2D eigenvalue weighted by atomic mass is 16.6. The normalized spacial score (nSPS) is 29.9. The summed E-state index contributed by atoms with van der Waals surface area (Å²) in [5.41, 5.74) is 0.237. The van der Waals surface area contributed by atoms with E-state index in [9.17, 15) is 9.59 Å². The first kappa shape index (κ1) is 21.0. The van der Waals surface area contributed by atoms with E-state index in [-0.39, 0.29) is 30.6 Å². The molecule has 4 aliphatic rings. The first-order valence-electron chi connectivity index (χ1n) is 11.3. The van der Waals surface area contributed by atoms with Gasteiger partial charge in [0.1, 0.15) is 0 Å². The van der Waals surface area contributed by atoms with E-state index >= 15 is 0 Å². The quantitative estimate of drug-likeness (QED) is 0.622. The molecule has 5 rings (SSSR count). The summed E-state index contributed by atoms with van der Waals surface area (Å²) < 4.78 is 16.1. The number of hydrogen-bond donors (Lipinski definition) is 1. The molecule has 1 atom stereocenters. The van der Waals surface area contributed by atoms with Crippen LogP contribution >= 0.6 is 0 Å². The van der Waals surface area contributed by atoms with Crippen molar-refractivity contribution in [3.8, 4) is 11.5 Å². The van der Waals surface area contributed by atoms with Gasteiger partial charge in [-0.25, -0.2) is 4.79 Å². The largest absolute Gasteiger partial charge is 0.490 e. The second kappa shape index (κ2) is 8.86. The van der Waals surface area contributed by atoms with Crippen molar-refractivity contribution in [2.45, 2.75) is 58.4 Å². The van der Waals surface area contributed by atoms with Gasteiger partial charge in [0.15, 0.2) is 24.7 Å². The van der Waals surface area contributed by atoms with Crippen LogP contribution in [0.25, 0.3) is 0 Å². The van der Waals surface area contributed by atoms with E-state index < -0.39 is 5.97 Å². The van der Waals surface area contributed by atoms with Gasteiger partial charge < -0.3 is 19.5 Å². The molecule has 4 saturated carbocycles. The van der Waals surface area contributed by atoms with E-state index in [1.807, 2.05) is 19.1 Å². The number of ether oxygens (including phenoxy) is 3. The van der Waals surface area contributed by atoms with Gasteiger partial charge in [-0.1, -0.05) is 12.1 Å². The standard InChI is InChI=1S/C24H33NO5/c1-3-28-20-6-4-5-7-21(20)29-15-23(27)30-14-22(26)25-16(2)24-11-17-8-18(12-24)10-19(9-17)13-24/h4-7,16-19H,3,8-15H2,1-2H3,(H,25,26)/t16-,17?,18?,19?,24?/m1/s1. The number of amides is 1. The summed E-state index contributed by atoms with van der Waals surface area (Å²) >= 11 is 0. The predicted molar refractivity (Wildman–Crippen MR) is 112 cm³/mol. The second-order valence-electron chi connectivity index (χ2n) is 9.40. The van der Waals surface area contributed by atoms with Crippen LogP contribution in [-0.2, 0) is 14.3 Å². The van der Waals surface area contributed by atoms with Gasteiger partial charge in [-0.05, 0) is 87.7 Å². The van der Waals surface area contributed by atoms with E-state index in [0.717, 1.165) is 17.8 Å². The van der Waals surface area contributed by atoms with Crippen molar-refractivity contribution in [1.29, 1.82) is 0 Å². The lowest BCUT2D eigenvalue weighted by Crippen LogP contribution is -2.56. The molecule has 6 heteroatoms. The molecule has 30 heavy (non-hydrogen) atoms. The van der Waals surface area contributed by atoms with Crippen molar-refractivity contribution >= 4 is 11.9 Å². The third-order valence-electron chi connectivity index (χ3n) is 7.24. The Morgan fingerprint density at radius 3 is 2.13 bits per heavy atom. The maximum atomic E-state index is 12.4. The minimum atomic E-state index is -0.570. The number of rotatable bonds is 9. The van der Waals surface area contributed by atoms with Gasteiger partial charge in [-0.2, -0.15) is 0 Å². The summed E-state index contributed by atoms with van der Waals surface area (Å²) in [6.45, 7) is 3.98. The van der Waals surface area contributed by atoms with Gasteiger partial charge in [-0.3, -0.25) is 4.79 Å². The minimum Gasteiger partial charge on any atom is -0.490 e. The molecule has 0 aliphatic heterocycles. The van der Waals surface area contributed by atoms with Gasteiger partial charge in [-0.15, -0.1) is 0 Å². The first-order chi connectivity index (χ1) is 14.5. The number of nitrogens with one attached hydrogen (secondary N) is 1. The van der Waals surface area contributed by atoms with Crippen LogP contribution in [0.5, 0.6) is 11.5 Å². The number of para-hydroxylation sites is 2. The molecule has 1 amide bonds. The van der Waals surface area contributed by atoms with Gasteiger partial charge in [0.05, 0.1) is 6.61 Å². The molecule has 4 aliphatic carbocycles. The SMILES string of the molecule is CCOc1ccccc1OCC(=O)OCC(=O)N[C@H](C)C12CC3CC(CC(C3)C1)C2. The van der Waals surface area contributed by atoms with Crippen LogP contribution in [0.1, 0.15) is 52.4 Å². The summed E-state index contributed by atoms with van der Waals surface area (Å²) in [4.78, 5) is 24.4. The molecular formula is C24H33NO5. The average molecular weight is 416 g/mol. The molecule has 0 aromatic heterocycles. The molecule has 0 unspecified atom stereocenters. The van der Waals surface area contributed by atoms with Crippen molar-refractivity contribution in [3.63, 3.8) is 0 Å². The maximum absolute atomic E-state index is 12.4. The number of carbonyl (C=O) groups excluding carboxylic acids is 2. The summed E-state index contributed by atoms with van der Waals surface area (Å²) in [5, 5.41) is 3.11. The van der Waals surface area contributed by atoms with E-state index in [4.69, 9.17) is 14.2 Å². The molecule has 1 aromatic carbocycles. The van der Waals surface area contributed by atoms with Gasteiger partial charge in [0.2, 0.25) is 0 Å². The lowest BCUT2D eigenvalue weighted by molar-refractivity contribution is -0.151. The average Bonchev–Trinajstić information content (AvgIpc) is 2.71. The highest BCUT2D eigenvalue weighted by molar-refractivity contribution is 5.81. The Balaban J connectivity index is 1.22. The van der Waals surface area contributed by atoms with Crippen LogP contribution in [0.3, 0.4) is 0 Å². The molecule has 1 N–H and O–H groups in total. The van der Waals surface area contributed by atoms with Crippen LogP contribution in [-0.4, -0.2) is 37.7 Å². The van der Waals surface area contributed by atoms with Crippen LogP contribution in [0, 0.1) is 23.2 Å². The van der Waals surface area contributed by atoms with E-state index in [0.29, 0.717) is 18.1 Å². The second-order valence-corrected chi connectivity index (χ2v) is 9.40. The molecule has 4 bridgehead atoms. The van der Waals surface area contributed by atoms with E-state index in [1.165, 1.54) is 38.5 Å². The summed E-state index contributed by atoms with van der Waals surface area (Å²) in [7, 11) is 0.